The van der Waals surface area contributed by atoms with Gasteiger partial charge in [-0.05, 0) is 24.3 Å². The lowest BCUT2D eigenvalue weighted by Crippen LogP contribution is -2.03. The van der Waals surface area contributed by atoms with Crippen LogP contribution in [0.3, 0.4) is 0 Å². The molecule has 0 aliphatic heterocycles. The number of hydrogen-bond acceptors (Lipinski definition) is 1. The van der Waals surface area contributed by atoms with Crippen molar-refractivity contribution >= 4 is 17.3 Å². The van der Waals surface area contributed by atoms with Crippen molar-refractivity contribution in [3.63, 3.8) is 0 Å². The van der Waals surface area contributed by atoms with Gasteiger partial charge in [-0.15, -0.1) is 0 Å². The lowest BCUT2D eigenvalue weighted by molar-refractivity contribution is 0.574. The van der Waals surface area contributed by atoms with Crippen LogP contribution >= 0.6 is 11.6 Å². The second-order valence-electron chi connectivity index (χ2n) is 3.71. The smallest absolute Gasteiger partial charge is 0.131 e. The van der Waals surface area contributed by atoms with Gasteiger partial charge >= 0.3 is 0 Å². The topological polar surface area (TPSA) is 12.0 Å². The van der Waals surface area contributed by atoms with Gasteiger partial charge in [-0.1, -0.05) is 17.7 Å². The van der Waals surface area contributed by atoms with Crippen molar-refractivity contribution in [2.75, 3.05) is 5.32 Å². The van der Waals surface area contributed by atoms with Crippen LogP contribution in [-0.4, -0.2) is 0 Å². The second-order valence-corrected chi connectivity index (χ2v) is 4.12. The van der Waals surface area contributed by atoms with E-state index in [-0.39, 0.29) is 12.1 Å². The molecule has 0 heterocycles. The summed E-state index contributed by atoms with van der Waals surface area (Å²) in [6, 6.07) is 7.12. The standard InChI is InChI=1S/C13H9ClF3N/c14-11-4-3-10(16)6-13(11)18-7-8-1-2-9(15)5-12(8)17/h1-6,18H,7H2. The van der Waals surface area contributed by atoms with E-state index in [9.17, 15) is 13.2 Å². The minimum absolute atomic E-state index is 0.0925. The van der Waals surface area contributed by atoms with E-state index in [1.54, 1.807) is 0 Å². The van der Waals surface area contributed by atoms with Crippen LogP contribution < -0.4 is 5.32 Å². The average molecular weight is 272 g/mol. The molecule has 18 heavy (non-hydrogen) atoms. The Kier molecular flexibility index (Phi) is 3.77. The molecule has 0 aromatic heterocycles. The Balaban J connectivity index is 2.13. The quantitative estimate of drug-likeness (QED) is 0.874. The molecule has 0 fully saturated rings. The van der Waals surface area contributed by atoms with Crippen LogP contribution in [0.25, 0.3) is 0 Å². The lowest BCUT2D eigenvalue weighted by atomic mass is 10.2. The summed E-state index contributed by atoms with van der Waals surface area (Å²) in [4.78, 5) is 0. The SMILES string of the molecule is Fc1ccc(CNc2cc(F)ccc2Cl)c(F)c1. The highest BCUT2D eigenvalue weighted by molar-refractivity contribution is 6.33. The summed E-state index contributed by atoms with van der Waals surface area (Å²) >= 11 is 5.84. The molecule has 94 valence electrons. The Bertz CT molecular complexity index is 572. The van der Waals surface area contributed by atoms with E-state index in [2.05, 4.69) is 5.32 Å². The Hall–Kier alpha value is -1.68. The minimum atomic E-state index is -0.657. The van der Waals surface area contributed by atoms with Crippen molar-refractivity contribution in [2.24, 2.45) is 0 Å². The first-order chi connectivity index (χ1) is 8.56. The zero-order valence-corrected chi connectivity index (χ0v) is 9.94. The van der Waals surface area contributed by atoms with E-state index in [1.165, 1.54) is 24.3 Å². The zero-order chi connectivity index (χ0) is 13.1. The average Bonchev–Trinajstić information content (AvgIpc) is 2.32. The third-order valence-corrected chi connectivity index (χ3v) is 2.74. The summed E-state index contributed by atoms with van der Waals surface area (Å²) in [5.41, 5.74) is 0.636. The van der Waals surface area contributed by atoms with Crippen LogP contribution in [0, 0.1) is 17.5 Å². The fraction of sp³-hybridized carbons (Fsp3) is 0.0769. The summed E-state index contributed by atoms with van der Waals surface area (Å²) in [5.74, 6) is -1.74. The van der Waals surface area contributed by atoms with Crippen molar-refractivity contribution in [1.29, 1.82) is 0 Å². The lowest BCUT2D eigenvalue weighted by Gasteiger charge is -2.09. The Morgan fingerprint density at radius 2 is 1.61 bits per heavy atom. The van der Waals surface area contributed by atoms with Crippen molar-refractivity contribution in [1.82, 2.24) is 0 Å². The number of benzene rings is 2. The molecular weight excluding hydrogens is 263 g/mol. The van der Waals surface area contributed by atoms with Gasteiger partial charge in [0, 0.05) is 18.2 Å². The molecule has 2 aromatic carbocycles. The largest absolute Gasteiger partial charge is 0.380 e. The van der Waals surface area contributed by atoms with Gasteiger partial charge in [-0.25, -0.2) is 13.2 Å². The van der Waals surface area contributed by atoms with E-state index in [0.29, 0.717) is 10.7 Å². The van der Waals surface area contributed by atoms with Crippen LogP contribution in [-0.2, 0) is 6.54 Å². The second kappa shape index (κ2) is 5.31. The van der Waals surface area contributed by atoms with Crippen LogP contribution in [0.4, 0.5) is 18.9 Å². The van der Waals surface area contributed by atoms with Gasteiger partial charge in [0.1, 0.15) is 17.5 Å². The molecule has 2 aromatic rings. The van der Waals surface area contributed by atoms with E-state index in [4.69, 9.17) is 11.6 Å². The number of rotatable bonds is 3. The molecule has 0 atom stereocenters. The number of nitrogens with one attached hydrogen (secondary N) is 1. The normalized spacial score (nSPS) is 10.4. The van der Waals surface area contributed by atoms with Crippen molar-refractivity contribution in [2.45, 2.75) is 6.54 Å². The molecule has 5 heteroatoms. The molecule has 0 unspecified atom stereocenters. The van der Waals surface area contributed by atoms with Crippen LogP contribution in [0.15, 0.2) is 36.4 Å². The van der Waals surface area contributed by atoms with Crippen LogP contribution in [0.5, 0.6) is 0 Å². The summed E-state index contributed by atoms with van der Waals surface area (Å²) in [7, 11) is 0. The van der Waals surface area contributed by atoms with Gasteiger partial charge < -0.3 is 5.32 Å². The summed E-state index contributed by atoms with van der Waals surface area (Å²) in [5, 5.41) is 3.13. The highest BCUT2D eigenvalue weighted by atomic mass is 35.5. The Morgan fingerprint density at radius 3 is 2.33 bits per heavy atom. The molecule has 0 saturated carbocycles. The Morgan fingerprint density at radius 1 is 0.944 bits per heavy atom. The molecule has 0 aliphatic rings. The third-order valence-electron chi connectivity index (χ3n) is 2.41. The maximum atomic E-state index is 13.3. The summed E-state index contributed by atoms with van der Waals surface area (Å²) in [6.07, 6.45) is 0. The predicted molar refractivity (Wildman–Crippen MR) is 65.1 cm³/mol. The van der Waals surface area contributed by atoms with Gasteiger partial charge in [-0.2, -0.15) is 0 Å². The number of anilines is 1. The van der Waals surface area contributed by atoms with Crippen molar-refractivity contribution in [3.05, 3.63) is 64.4 Å². The summed E-state index contributed by atoms with van der Waals surface area (Å²) < 4.78 is 39.0. The first-order valence-electron chi connectivity index (χ1n) is 5.19. The fourth-order valence-electron chi connectivity index (χ4n) is 1.49. The maximum absolute atomic E-state index is 13.3. The number of halogens is 4. The van der Waals surface area contributed by atoms with E-state index < -0.39 is 17.5 Å². The van der Waals surface area contributed by atoms with Gasteiger partial charge in [-0.3, -0.25) is 0 Å². The monoisotopic (exact) mass is 271 g/mol. The molecular formula is C13H9ClF3N. The van der Waals surface area contributed by atoms with Gasteiger partial charge in [0.15, 0.2) is 0 Å². The molecule has 1 N–H and O–H groups in total. The maximum Gasteiger partial charge on any atom is 0.131 e. The van der Waals surface area contributed by atoms with Crippen molar-refractivity contribution in [3.8, 4) is 0 Å². The molecule has 2 rings (SSSR count). The number of hydrogen-bond donors (Lipinski definition) is 1. The highest BCUT2D eigenvalue weighted by Crippen LogP contribution is 2.23. The zero-order valence-electron chi connectivity index (χ0n) is 9.18. The van der Waals surface area contributed by atoms with Crippen LogP contribution in [0.1, 0.15) is 5.56 Å². The molecule has 1 nitrogen and oxygen atoms in total. The molecule has 0 radical (unpaired) electrons. The van der Waals surface area contributed by atoms with Gasteiger partial charge in [0.25, 0.3) is 0 Å². The van der Waals surface area contributed by atoms with Gasteiger partial charge in [0.05, 0.1) is 10.7 Å². The molecule has 0 saturated heterocycles. The predicted octanol–water partition coefficient (Wildman–Crippen LogP) is 4.37. The first kappa shape index (κ1) is 12.8. The third kappa shape index (κ3) is 2.96. The van der Waals surface area contributed by atoms with Crippen molar-refractivity contribution < 1.29 is 13.2 Å². The molecule has 0 spiro atoms. The first-order valence-corrected chi connectivity index (χ1v) is 5.57. The highest BCUT2D eigenvalue weighted by Gasteiger charge is 2.06. The molecule has 0 amide bonds. The molecule has 0 aliphatic carbocycles. The minimum Gasteiger partial charge on any atom is -0.380 e. The van der Waals surface area contributed by atoms with E-state index >= 15 is 0 Å². The fourth-order valence-corrected chi connectivity index (χ4v) is 1.67. The van der Waals surface area contributed by atoms with E-state index in [0.717, 1.165) is 12.1 Å². The van der Waals surface area contributed by atoms with Crippen LogP contribution in [0.2, 0.25) is 5.02 Å². The molecule has 0 bridgehead atoms. The Labute approximate surface area is 107 Å². The van der Waals surface area contributed by atoms with E-state index in [1.807, 2.05) is 0 Å². The summed E-state index contributed by atoms with van der Waals surface area (Å²) in [6.45, 7) is 0.0925. The van der Waals surface area contributed by atoms with Gasteiger partial charge in [0.2, 0.25) is 0 Å².